The molecule has 1 fully saturated rings. The predicted molar refractivity (Wildman–Crippen MR) is 59.7 cm³/mol. The Labute approximate surface area is 93.9 Å². The predicted octanol–water partition coefficient (Wildman–Crippen LogP) is 1.27. The summed E-state index contributed by atoms with van der Waals surface area (Å²) in [5.74, 6) is 1.28. The van der Waals surface area contributed by atoms with Gasteiger partial charge < -0.3 is 15.7 Å². The van der Waals surface area contributed by atoms with Crippen LogP contribution in [0.5, 0.6) is 5.88 Å². The van der Waals surface area contributed by atoms with Gasteiger partial charge in [0.1, 0.15) is 0 Å². The van der Waals surface area contributed by atoms with E-state index in [-0.39, 0.29) is 5.84 Å². The van der Waals surface area contributed by atoms with Crippen LogP contribution in [0.15, 0.2) is 17.3 Å². The summed E-state index contributed by atoms with van der Waals surface area (Å²) in [6, 6.07) is 3.43. The van der Waals surface area contributed by atoms with Crippen LogP contribution in [-0.4, -0.2) is 22.6 Å². The summed E-state index contributed by atoms with van der Waals surface area (Å²) in [7, 11) is 0. The van der Waals surface area contributed by atoms with Crippen molar-refractivity contribution in [1.29, 1.82) is 0 Å². The largest absolute Gasteiger partial charge is 0.477 e. The zero-order chi connectivity index (χ0) is 11.5. The average molecular weight is 221 g/mol. The van der Waals surface area contributed by atoms with Crippen molar-refractivity contribution in [1.82, 2.24) is 4.98 Å². The van der Waals surface area contributed by atoms with Crippen LogP contribution in [0.3, 0.4) is 0 Å². The fourth-order valence-corrected chi connectivity index (χ4v) is 1.41. The lowest BCUT2D eigenvalue weighted by molar-refractivity contribution is 0.288. The van der Waals surface area contributed by atoms with Crippen LogP contribution in [0.2, 0.25) is 0 Å². The molecule has 2 rings (SSSR count). The maximum absolute atomic E-state index is 8.60. The van der Waals surface area contributed by atoms with Crippen molar-refractivity contribution in [2.45, 2.75) is 19.8 Å². The van der Waals surface area contributed by atoms with E-state index in [1.165, 1.54) is 12.8 Å². The molecule has 0 atom stereocenters. The van der Waals surface area contributed by atoms with Gasteiger partial charge in [-0.25, -0.2) is 4.98 Å². The van der Waals surface area contributed by atoms with Gasteiger partial charge in [-0.1, -0.05) is 5.16 Å². The molecule has 1 aromatic heterocycles. The number of amidine groups is 1. The summed E-state index contributed by atoms with van der Waals surface area (Å²) >= 11 is 0. The zero-order valence-electron chi connectivity index (χ0n) is 9.18. The highest BCUT2D eigenvalue weighted by Crippen LogP contribution is 2.29. The highest BCUT2D eigenvalue weighted by molar-refractivity contribution is 5.97. The summed E-state index contributed by atoms with van der Waals surface area (Å²) < 4.78 is 5.54. The molecule has 0 amide bonds. The normalized spacial score (nSPS) is 16.2. The number of aryl methyl sites for hydroxylation is 1. The first-order valence-corrected chi connectivity index (χ1v) is 5.28. The number of nitrogens with two attached hydrogens (primary N) is 1. The molecular formula is C11H15N3O2. The van der Waals surface area contributed by atoms with Crippen LogP contribution in [0.25, 0.3) is 0 Å². The molecule has 0 radical (unpaired) electrons. The average Bonchev–Trinajstić information content (AvgIpc) is 3.08. The molecular weight excluding hydrogens is 206 g/mol. The molecule has 0 saturated heterocycles. The van der Waals surface area contributed by atoms with E-state index in [1.54, 1.807) is 12.1 Å². The standard InChI is InChI=1S/C11H15N3O2/c1-7-4-9(11(12)14-15)5-10(13-7)16-6-8-2-3-8/h4-5,8,15H,2-3,6H2,1H3,(H2,12,14). The van der Waals surface area contributed by atoms with Crippen LogP contribution in [0.1, 0.15) is 24.1 Å². The molecule has 1 aliphatic rings. The number of ether oxygens (including phenoxy) is 1. The molecule has 0 aliphatic heterocycles. The SMILES string of the molecule is Cc1cc(/C(N)=N/O)cc(OCC2CC2)n1. The van der Waals surface area contributed by atoms with Gasteiger partial charge >= 0.3 is 0 Å². The molecule has 1 aliphatic carbocycles. The van der Waals surface area contributed by atoms with E-state index < -0.39 is 0 Å². The molecule has 0 bridgehead atoms. The molecule has 5 nitrogen and oxygen atoms in total. The Kier molecular flexibility index (Phi) is 2.94. The van der Waals surface area contributed by atoms with Crippen LogP contribution >= 0.6 is 0 Å². The van der Waals surface area contributed by atoms with Crippen molar-refractivity contribution >= 4 is 5.84 Å². The van der Waals surface area contributed by atoms with Crippen LogP contribution in [-0.2, 0) is 0 Å². The minimum atomic E-state index is 0.0711. The minimum absolute atomic E-state index is 0.0711. The summed E-state index contributed by atoms with van der Waals surface area (Å²) in [6.45, 7) is 2.55. The molecule has 0 aromatic carbocycles. The summed E-state index contributed by atoms with van der Waals surface area (Å²) in [5, 5.41) is 11.6. The molecule has 86 valence electrons. The van der Waals surface area contributed by atoms with Crippen molar-refractivity contribution in [3.63, 3.8) is 0 Å². The fraction of sp³-hybridized carbons (Fsp3) is 0.455. The van der Waals surface area contributed by atoms with Crippen molar-refractivity contribution in [3.8, 4) is 5.88 Å². The lowest BCUT2D eigenvalue weighted by Crippen LogP contribution is -2.14. The Morgan fingerprint density at radius 2 is 2.38 bits per heavy atom. The lowest BCUT2D eigenvalue weighted by atomic mass is 10.2. The van der Waals surface area contributed by atoms with Crippen molar-refractivity contribution in [3.05, 3.63) is 23.4 Å². The number of rotatable bonds is 4. The van der Waals surface area contributed by atoms with E-state index in [0.717, 1.165) is 5.69 Å². The number of nitrogens with zero attached hydrogens (tertiary/aromatic N) is 2. The van der Waals surface area contributed by atoms with E-state index >= 15 is 0 Å². The van der Waals surface area contributed by atoms with Gasteiger partial charge in [0.2, 0.25) is 5.88 Å². The van der Waals surface area contributed by atoms with Crippen molar-refractivity contribution < 1.29 is 9.94 Å². The van der Waals surface area contributed by atoms with Gasteiger partial charge in [-0.15, -0.1) is 0 Å². The number of aromatic nitrogens is 1. The Morgan fingerprint density at radius 3 is 3.00 bits per heavy atom. The Morgan fingerprint density at radius 1 is 1.62 bits per heavy atom. The first kappa shape index (κ1) is 10.7. The quantitative estimate of drug-likeness (QED) is 0.347. The summed E-state index contributed by atoms with van der Waals surface area (Å²) in [4.78, 5) is 4.24. The van der Waals surface area contributed by atoms with Crippen LogP contribution < -0.4 is 10.5 Å². The Balaban J connectivity index is 2.13. The molecule has 0 unspecified atom stereocenters. The molecule has 3 N–H and O–H groups in total. The Hall–Kier alpha value is -1.78. The topological polar surface area (TPSA) is 80.7 Å². The lowest BCUT2D eigenvalue weighted by Gasteiger charge is -2.07. The minimum Gasteiger partial charge on any atom is -0.477 e. The van der Waals surface area contributed by atoms with E-state index in [9.17, 15) is 0 Å². The van der Waals surface area contributed by atoms with E-state index in [2.05, 4.69) is 10.1 Å². The molecule has 1 saturated carbocycles. The summed E-state index contributed by atoms with van der Waals surface area (Å²) in [6.07, 6.45) is 2.47. The second kappa shape index (κ2) is 4.38. The molecule has 1 aromatic rings. The smallest absolute Gasteiger partial charge is 0.214 e. The van der Waals surface area contributed by atoms with Gasteiger partial charge in [0.25, 0.3) is 0 Å². The molecule has 5 heteroatoms. The van der Waals surface area contributed by atoms with Gasteiger partial charge in [0.05, 0.1) is 6.61 Å². The number of hydrogen-bond donors (Lipinski definition) is 2. The van der Waals surface area contributed by atoms with Gasteiger partial charge in [0, 0.05) is 17.3 Å². The third-order valence-corrected chi connectivity index (χ3v) is 2.50. The van der Waals surface area contributed by atoms with Crippen molar-refractivity contribution in [2.75, 3.05) is 6.61 Å². The van der Waals surface area contributed by atoms with Gasteiger partial charge in [-0.2, -0.15) is 0 Å². The maximum Gasteiger partial charge on any atom is 0.214 e. The number of hydrogen-bond acceptors (Lipinski definition) is 4. The molecule has 1 heterocycles. The monoisotopic (exact) mass is 221 g/mol. The highest BCUT2D eigenvalue weighted by Gasteiger charge is 2.22. The zero-order valence-corrected chi connectivity index (χ0v) is 9.18. The first-order chi connectivity index (χ1) is 7.69. The van der Waals surface area contributed by atoms with Gasteiger partial charge in [0.15, 0.2) is 5.84 Å². The van der Waals surface area contributed by atoms with Gasteiger partial charge in [-0.3, -0.25) is 0 Å². The number of oxime groups is 1. The molecule has 16 heavy (non-hydrogen) atoms. The fourth-order valence-electron chi connectivity index (χ4n) is 1.41. The maximum atomic E-state index is 8.60. The van der Waals surface area contributed by atoms with E-state index in [4.69, 9.17) is 15.7 Å². The third-order valence-electron chi connectivity index (χ3n) is 2.50. The summed E-state index contributed by atoms with van der Waals surface area (Å²) in [5.41, 5.74) is 6.93. The van der Waals surface area contributed by atoms with Crippen molar-refractivity contribution in [2.24, 2.45) is 16.8 Å². The first-order valence-electron chi connectivity index (χ1n) is 5.28. The Bertz CT molecular complexity index is 414. The second-order valence-electron chi connectivity index (χ2n) is 4.08. The number of pyridine rings is 1. The van der Waals surface area contributed by atoms with E-state index in [1.807, 2.05) is 6.92 Å². The third kappa shape index (κ3) is 2.62. The van der Waals surface area contributed by atoms with Gasteiger partial charge in [-0.05, 0) is 31.7 Å². The van der Waals surface area contributed by atoms with Crippen LogP contribution in [0, 0.1) is 12.8 Å². The molecule has 0 spiro atoms. The van der Waals surface area contributed by atoms with Crippen LogP contribution in [0.4, 0.5) is 0 Å². The van der Waals surface area contributed by atoms with E-state index in [0.29, 0.717) is 24.0 Å². The second-order valence-corrected chi connectivity index (χ2v) is 4.08. The highest BCUT2D eigenvalue weighted by atomic mass is 16.5.